The zero-order chi connectivity index (χ0) is 13.4. The molecule has 0 aliphatic heterocycles. The third-order valence-electron chi connectivity index (χ3n) is 2.08. The summed E-state index contributed by atoms with van der Waals surface area (Å²) in [5, 5.41) is 0. The van der Waals surface area contributed by atoms with E-state index in [0.717, 1.165) is 12.1 Å². The molecular weight excluding hydrogens is 243 g/mol. The summed E-state index contributed by atoms with van der Waals surface area (Å²) in [5.74, 6) is -4.16. The first-order valence-corrected chi connectivity index (χ1v) is 4.76. The molecule has 17 heavy (non-hydrogen) atoms. The maximum absolute atomic E-state index is 13.3. The lowest BCUT2D eigenvalue weighted by Gasteiger charge is -2.20. The molecule has 0 fully saturated rings. The van der Waals surface area contributed by atoms with Crippen LogP contribution in [-0.2, 0) is 5.41 Å². The molecular formula is C11H11F5O. The van der Waals surface area contributed by atoms with E-state index in [1.165, 1.54) is 0 Å². The second kappa shape index (κ2) is 4.16. The van der Waals surface area contributed by atoms with Gasteiger partial charge in [-0.1, -0.05) is 20.8 Å². The van der Waals surface area contributed by atoms with Gasteiger partial charge in [0, 0.05) is 0 Å². The average molecular weight is 254 g/mol. The number of halogens is 5. The molecule has 0 aliphatic rings. The van der Waals surface area contributed by atoms with E-state index in [1.807, 2.05) is 0 Å². The Kier molecular flexibility index (Phi) is 3.36. The molecule has 0 radical (unpaired) electrons. The summed E-state index contributed by atoms with van der Waals surface area (Å²) in [6.45, 7) is 5.06. The van der Waals surface area contributed by atoms with Crippen LogP contribution >= 0.6 is 0 Å². The number of hydrogen-bond acceptors (Lipinski definition) is 1. The van der Waals surface area contributed by atoms with Gasteiger partial charge in [-0.15, -0.1) is 13.2 Å². The molecule has 0 saturated carbocycles. The van der Waals surface area contributed by atoms with Crippen LogP contribution in [0.4, 0.5) is 22.0 Å². The molecule has 0 saturated heterocycles. The Labute approximate surface area is 95.2 Å². The van der Waals surface area contributed by atoms with E-state index in [2.05, 4.69) is 4.74 Å². The number of hydrogen-bond donors (Lipinski definition) is 0. The summed E-state index contributed by atoms with van der Waals surface area (Å²) in [6.07, 6.45) is -5.12. The van der Waals surface area contributed by atoms with Gasteiger partial charge < -0.3 is 4.74 Å². The van der Waals surface area contributed by atoms with Crippen molar-refractivity contribution in [1.29, 1.82) is 0 Å². The Morgan fingerprint density at radius 3 is 1.65 bits per heavy atom. The summed E-state index contributed by atoms with van der Waals surface area (Å²) < 4.78 is 65.5. The molecule has 1 rings (SSSR count). The van der Waals surface area contributed by atoms with Crippen LogP contribution in [0, 0.1) is 11.6 Å². The molecule has 0 unspecified atom stereocenters. The van der Waals surface area contributed by atoms with Crippen molar-refractivity contribution in [2.24, 2.45) is 0 Å². The van der Waals surface area contributed by atoms with E-state index in [4.69, 9.17) is 0 Å². The predicted molar refractivity (Wildman–Crippen MR) is 51.7 cm³/mol. The van der Waals surface area contributed by atoms with Crippen LogP contribution in [0.5, 0.6) is 5.75 Å². The van der Waals surface area contributed by atoms with E-state index in [0.29, 0.717) is 0 Å². The zero-order valence-corrected chi connectivity index (χ0v) is 9.45. The minimum atomic E-state index is -5.12. The van der Waals surface area contributed by atoms with Crippen LogP contribution in [0.15, 0.2) is 12.1 Å². The molecule has 1 aromatic carbocycles. The van der Waals surface area contributed by atoms with Gasteiger partial charge in [0.2, 0.25) is 5.75 Å². The van der Waals surface area contributed by atoms with Gasteiger partial charge in [0.25, 0.3) is 0 Å². The average Bonchev–Trinajstić information content (AvgIpc) is 2.07. The van der Waals surface area contributed by atoms with Gasteiger partial charge in [-0.05, 0) is 23.1 Å². The van der Waals surface area contributed by atoms with Gasteiger partial charge in [0.15, 0.2) is 11.6 Å². The Hall–Kier alpha value is -1.33. The topological polar surface area (TPSA) is 9.23 Å². The zero-order valence-electron chi connectivity index (χ0n) is 9.45. The first kappa shape index (κ1) is 13.7. The van der Waals surface area contributed by atoms with Gasteiger partial charge in [-0.25, -0.2) is 8.78 Å². The summed E-state index contributed by atoms with van der Waals surface area (Å²) in [4.78, 5) is 0. The van der Waals surface area contributed by atoms with Crippen molar-refractivity contribution in [3.63, 3.8) is 0 Å². The van der Waals surface area contributed by atoms with Gasteiger partial charge in [-0.3, -0.25) is 0 Å². The normalized spacial score (nSPS) is 12.7. The van der Waals surface area contributed by atoms with Crippen molar-refractivity contribution in [2.75, 3.05) is 0 Å². The van der Waals surface area contributed by atoms with Crippen LogP contribution in [-0.4, -0.2) is 6.36 Å². The van der Waals surface area contributed by atoms with Gasteiger partial charge in [-0.2, -0.15) is 0 Å². The molecule has 0 spiro atoms. The van der Waals surface area contributed by atoms with Crippen molar-refractivity contribution >= 4 is 0 Å². The molecule has 0 aliphatic carbocycles. The van der Waals surface area contributed by atoms with Crippen molar-refractivity contribution in [2.45, 2.75) is 32.5 Å². The van der Waals surface area contributed by atoms with Crippen LogP contribution in [0.3, 0.4) is 0 Å². The van der Waals surface area contributed by atoms with Crippen LogP contribution in [0.1, 0.15) is 26.3 Å². The number of rotatable bonds is 1. The van der Waals surface area contributed by atoms with Gasteiger partial charge >= 0.3 is 6.36 Å². The SMILES string of the molecule is CC(C)(C)c1cc(F)c(OC(F)(F)F)c(F)c1. The fourth-order valence-corrected chi connectivity index (χ4v) is 1.21. The lowest BCUT2D eigenvalue weighted by Crippen LogP contribution is -2.20. The molecule has 96 valence electrons. The van der Waals surface area contributed by atoms with Crippen LogP contribution in [0.25, 0.3) is 0 Å². The molecule has 1 nitrogen and oxygen atoms in total. The Morgan fingerprint density at radius 1 is 0.941 bits per heavy atom. The molecule has 0 N–H and O–H groups in total. The lowest BCUT2D eigenvalue weighted by atomic mass is 9.87. The Bertz CT molecular complexity index is 394. The van der Waals surface area contributed by atoms with E-state index >= 15 is 0 Å². The minimum Gasteiger partial charge on any atom is -0.399 e. The maximum atomic E-state index is 13.3. The number of benzene rings is 1. The molecule has 0 heterocycles. The summed E-state index contributed by atoms with van der Waals surface area (Å²) in [6, 6.07) is 1.67. The minimum absolute atomic E-state index is 0.252. The van der Waals surface area contributed by atoms with Crippen molar-refractivity contribution < 1.29 is 26.7 Å². The third-order valence-corrected chi connectivity index (χ3v) is 2.08. The highest BCUT2D eigenvalue weighted by Gasteiger charge is 2.34. The molecule has 1 aromatic rings. The van der Waals surface area contributed by atoms with E-state index in [-0.39, 0.29) is 5.56 Å². The second-order valence-corrected chi connectivity index (χ2v) is 4.57. The van der Waals surface area contributed by atoms with E-state index in [9.17, 15) is 22.0 Å². The highest BCUT2D eigenvalue weighted by Crippen LogP contribution is 2.32. The Balaban J connectivity index is 3.20. The molecule has 0 bridgehead atoms. The summed E-state index contributed by atoms with van der Waals surface area (Å²) >= 11 is 0. The fraction of sp³-hybridized carbons (Fsp3) is 0.455. The highest BCUT2D eigenvalue weighted by molar-refractivity contribution is 5.34. The third kappa shape index (κ3) is 3.57. The quantitative estimate of drug-likeness (QED) is 0.684. The number of alkyl halides is 3. The fourth-order valence-electron chi connectivity index (χ4n) is 1.21. The number of ether oxygens (including phenoxy) is 1. The smallest absolute Gasteiger partial charge is 0.399 e. The second-order valence-electron chi connectivity index (χ2n) is 4.57. The predicted octanol–water partition coefficient (Wildman–Crippen LogP) is 4.16. The van der Waals surface area contributed by atoms with Crippen molar-refractivity contribution in [3.05, 3.63) is 29.3 Å². The van der Waals surface area contributed by atoms with Crippen LogP contribution in [0.2, 0.25) is 0 Å². The van der Waals surface area contributed by atoms with E-state index in [1.54, 1.807) is 20.8 Å². The van der Waals surface area contributed by atoms with Gasteiger partial charge in [0.1, 0.15) is 0 Å². The van der Waals surface area contributed by atoms with Crippen LogP contribution < -0.4 is 4.74 Å². The summed E-state index contributed by atoms with van der Waals surface area (Å²) in [7, 11) is 0. The van der Waals surface area contributed by atoms with Crippen molar-refractivity contribution in [1.82, 2.24) is 0 Å². The van der Waals surface area contributed by atoms with E-state index < -0.39 is 29.2 Å². The molecule has 0 aromatic heterocycles. The van der Waals surface area contributed by atoms with Gasteiger partial charge in [0.05, 0.1) is 0 Å². The standard InChI is InChI=1S/C11H11F5O/c1-10(2,3)6-4-7(12)9(8(13)5-6)17-11(14,15)16/h4-5H,1-3H3. The highest BCUT2D eigenvalue weighted by atomic mass is 19.4. The lowest BCUT2D eigenvalue weighted by molar-refractivity contribution is -0.276. The first-order chi connectivity index (χ1) is 7.50. The molecule has 6 heteroatoms. The molecule has 0 amide bonds. The molecule has 0 atom stereocenters. The maximum Gasteiger partial charge on any atom is 0.573 e. The largest absolute Gasteiger partial charge is 0.573 e. The first-order valence-electron chi connectivity index (χ1n) is 4.76. The Morgan fingerprint density at radius 2 is 1.35 bits per heavy atom. The van der Waals surface area contributed by atoms with Crippen molar-refractivity contribution in [3.8, 4) is 5.75 Å². The monoisotopic (exact) mass is 254 g/mol. The summed E-state index contributed by atoms with van der Waals surface area (Å²) in [5.41, 5.74) is -0.319.